The zero-order chi connectivity index (χ0) is 18.8. The monoisotopic (exact) mass is 357 g/mol. The highest BCUT2D eigenvalue weighted by Gasteiger charge is 2.31. The largest absolute Gasteiger partial charge is 0.481 e. The van der Waals surface area contributed by atoms with Crippen molar-refractivity contribution in [2.75, 3.05) is 0 Å². The number of carboxylic acids is 1. The molecule has 1 N–H and O–H groups in total. The molecule has 0 amide bonds. The van der Waals surface area contributed by atoms with Crippen LogP contribution in [0, 0.1) is 17.2 Å². The minimum Gasteiger partial charge on any atom is -0.481 e. The third-order valence-corrected chi connectivity index (χ3v) is 5.34. The molecular formula is C22H19N3O2. The van der Waals surface area contributed by atoms with Crippen molar-refractivity contribution in [1.29, 1.82) is 5.26 Å². The Balaban J connectivity index is 1.57. The summed E-state index contributed by atoms with van der Waals surface area (Å²) in [7, 11) is 0. The molecule has 2 atom stereocenters. The van der Waals surface area contributed by atoms with Gasteiger partial charge < -0.3 is 9.67 Å². The summed E-state index contributed by atoms with van der Waals surface area (Å²) in [5.74, 6) is -0.963. The number of benzene rings is 2. The lowest BCUT2D eigenvalue weighted by Crippen LogP contribution is -2.11. The van der Waals surface area contributed by atoms with Crippen LogP contribution in [0.2, 0.25) is 0 Å². The average Bonchev–Trinajstić information content (AvgIpc) is 3.37. The van der Waals surface area contributed by atoms with Gasteiger partial charge in [0.1, 0.15) is 0 Å². The third-order valence-electron chi connectivity index (χ3n) is 5.34. The fourth-order valence-electron chi connectivity index (χ4n) is 3.82. The first-order valence-corrected chi connectivity index (χ1v) is 9.01. The van der Waals surface area contributed by atoms with Crippen molar-refractivity contribution in [3.05, 3.63) is 66.6 Å². The predicted molar refractivity (Wildman–Crippen MR) is 102 cm³/mol. The lowest BCUT2D eigenvalue weighted by molar-refractivity contribution is -0.141. The molecule has 5 heteroatoms. The van der Waals surface area contributed by atoms with Crippen molar-refractivity contribution < 1.29 is 9.90 Å². The van der Waals surface area contributed by atoms with Gasteiger partial charge in [0.05, 0.1) is 35.8 Å². The Morgan fingerprint density at radius 2 is 1.67 bits per heavy atom. The SMILES string of the molecule is N#Cc1ccc(-c2ccc(-c3cncn3[C@@H]3CC[C@H](C(=O)O)C3)cc2)cc1. The highest BCUT2D eigenvalue weighted by atomic mass is 16.4. The Kier molecular flexibility index (Phi) is 4.47. The van der Waals surface area contributed by atoms with Crippen molar-refractivity contribution in [3.63, 3.8) is 0 Å². The Hall–Kier alpha value is -3.39. The standard InChI is InChI=1S/C22H19N3O2/c23-12-15-1-3-16(4-2-15)17-5-7-18(8-6-17)21-13-24-14-25(21)20-10-9-19(11-20)22(26)27/h1-8,13-14,19-20H,9-11H2,(H,26,27)/t19-,20+/m0/s1. The van der Waals surface area contributed by atoms with E-state index >= 15 is 0 Å². The normalized spacial score (nSPS) is 18.9. The van der Waals surface area contributed by atoms with Gasteiger partial charge in [0, 0.05) is 6.04 Å². The third kappa shape index (κ3) is 3.34. The van der Waals surface area contributed by atoms with Crippen LogP contribution in [0.15, 0.2) is 61.1 Å². The molecular weight excluding hydrogens is 338 g/mol. The van der Waals surface area contributed by atoms with Crippen LogP contribution in [0.3, 0.4) is 0 Å². The smallest absolute Gasteiger partial charge is 0.306 e. The van der Waals surface area contributed by atoms with E-state index in [1.165, 1.54) is 0 Å². The van der Waals surface area contributed by atoms with E-state index in [4.69, 9.17) is 5.26 Å². The first kappa shape index (κ1) is 17.0. The summed E-state index contributed by atoms with van der Waals surface area (Å²) >= 11 is 0. The second-order valence-corrected chi connectivity index (χ2v) is 6.95. The maximum Gasteiger partial charge on any atom is 0.306 e. The molecule has 4 rings (SSSR count). The number of carboxylic acid groups (broad SMARTS) is 1. The minimum absolute atomic E-state index is 0.182. The van der Waals surface area contributed by atoms with Gasteiger partial charge in [-0.05, 0) is 48.1 Å². The molecule has 0 radical (unpaired) electrons. The van der Waals surface area contributed by atoms with Gasteiger partial charge in [-0.2, -0.15) is 5.26 Å². The van der Waals surface area contributed by atoms with Crippen LogP contribution in [0.1, 0.15) is 30.9 Å². The van der Waals surface area contributed by atoms with Crippen LogP contribution in [0.5, 0.6) is 0 Å². The number of imidazole rings is 1. The first-order chi connectivity index (χ1) is 13.2. The van der Waals surface area contributed by atoms with Gasteiger partial charge in [0.25, 0.3) is 0 Å². The number of nitriles is 1. The number of hydrogen-bond acceptors (Lipinski definition) is 3. The Morgan fingerprint density at radius 3 is 2.26 bits per heavy atom. The van der Waals surface area contributed by atoms with Crippen LogP contribution in [-0.2, 0) is 4.79 Å². The van der Waals surface area contributed by atoms with Gasteiger partial charge in [0.2, 0.25) is 0 Å². The van der Waals surface area contributed by atoms with Crippen molar-refractivity contribution >= 4 is 5.97 Å². The van der Waals surface area contributed by atoms with E-state index < -0.39 is 5.97 Å². The fourth-order valence-corrected chi connectivity index (χ4v) is 3.82. The van der Waals surface area contributed by atoms with Crippen molar-refractivity contribution in [2.45, 2.75) is 25.3 Å². The van der Waals surface area contributed by atoms with Crippen LogP contribution in [0.25, 0.3) is 22.4 Å². The molecule has 1 fully saturated rings. The fraction of sp³-hybridized carbons (Fsp3) is 0.227. The molecule has 134 valence electrons. The lowest BCUT2D eigenvalue weighted by Gasteiger charge is -2.16. The molecule has 0 unspecified atom stereocenters. The maximum atomic E-state index is 11.2. The molecule has 1 saturated carbocycles. The highest BCUT2D eigenvalue weighted by molar-refractivity contribution is 5.71. The van der Waals surface area contributed by atoms with Crippen LogP contribution >= 0.6 is 0 Å². The number of aromatic nitrogens is 2. The van der Waals surface area contributed by atoms with E-state index in [9.17, 15) is 9.90 Å². The van der Waals surface area contributed by atoms with E-state index in [0.29, 0.717) is 12.0 Å². The van der Waals surface area contributed by atoms with Gasteiger partial charge in [-0.1, -0.05) is 36.4 Å². The topological polar surface area (TPSA) is 78.9 Å². The summed E-state index contributed by atoms with van der Waals surface area (Å²) in [4.78, 5) is 15.5. The van der Waals surface area contributed by atoms with Gasteiger partial charge in [-0.25, -0.2) is 4.98 Å². The summed E-state index contributed by atoms with van der Waals surface area (Å²) in [5, 5.41) is 18.2. The molecule has 1 aliphatic rings. The van der Waals surface area contributed by atoms with E-state index in [1.54, 1.807) is 6.33 Å². The van der Waals surface area contributed by atoms with Gasteiger partial charge in [0.15, 0.2) is 0 Å². The van der Waals surface area contributed by atoms with Crippen LogP contribution < -0.4 is 0 Å². The summed E-state index contributed by atoms with van der Waals surface area (Å²) in [6.07, 6.45) is 5.88. The second kappa shape index (κ2) is 7.08. The molecule has 1 aromatic heterocycles. The van der Waals surface area contributed by atoms with Crippen LogP contribution in [0.4, 0.5) is 0 Å². The Bertz CT molecular complexity index is 997. The number of carbonyl (C=O) groups is 1. The average molecular weight is 357 g/mol. The van der Waals surface area contributed by atoms with Crippen molar-refractivity contribution in [1.82, 2.24) is 9.55 Å². The number of nitrogens with zero attached hydrogens (tertiary/aromatic N) is 3. The predicted octanol–water partition coefficient (Wildman–Crippen LogP) is 4.51. The second-order valence-electron chi connectivity index (χ2n) is 6.95. The Labute approximate surface area is 157 Å². The molecule has 1 aliphatic carbocycles. The van der Waals surface area contributed by atoms with E-state index in [2.05, 4.69) is 39.9 Å². The summed E-state index contributed by atoms with van der Waals surface area (Å²) < 4.78 is 2.11. The number of aliphatic carboxylic acids is 1. The molecule has 27 heavy (non-hydrogen) atoms. The van der Waals surface area contributed by atoms with E-state index in [-0.39, 0.29) is 12.0 Å². The maximum absolute atomic E-state index is 11.2. The number of rotatable bonds is 4. The zero-order valence-corrected chi connectivity index (χ0v) is 14.7. The molecule has 0 aliphatic heterocycles. The summed E-state index contributed by atoms with van der Waals surface area (Å²) in [5.41, 5.74) is 4.87. The molecule has 1 heterocycles. The first-order valence-electron chi connectivity index (χ1n) is 9.01. The quantitative estimate of drug-likeness (QED) is 0.745. The van der Waals surface area contributed by atoms with Crippen molar-refractivity contribution in [2.24, 2.45) is 5.92 Å². The van der Waals surface area contributed by atoms with Gasteiger partial charge in [-0.3, -0.25) is 4.79 Å². The molecule has 2 aromatic carbocycles. The molecule has 0 saturated heterocycles. The van der Waals surface area contributed by atoms with E-state index in [0.717, 1.165) is 35.2 Å². The number of hydrogen-bond donors (Lipinski definition) is 1. The molecule has 0 bridgehead atoms. The minimum atomic E-state index is -0.703. The molecule has 3 aromatic rings. The molecule has 0 spiro atoms. The van der Waals surface area contributed by atoms with Gasteiger partial charge in [-0.15, -0.1) is 0 Å². The summed E-state index contributed by atoms with van der Waals surface area (Å²) in [6.45, 7) is 0. The molecule has 5 nitrogen and oxygen atoms in total. The Morgan fingerprint density at radius 1 is 1.04 bits per heavy atom. The van der Waals surface area contributed by atoms with E-state index in [1.807, 2.05) is 30.5 Å². The van der Waals surface area contributed by atoms with Gasteiger partial charge >= 0.3 is 5.97 Å². The highest BCUT2D eigenvalue weighted by Crippen LogP contribution is 2.37. The van der Waals surface area contributed by atoms with Crippen LogP contribution in [-0.4, -0.2) is 20.6 Å². The summed E-state index contributed by atoms with van der Waals surface area (Å²) in [6, 6.07) is 18.1. The zero-order valence-electron chi connectivity index (χ0n) is 14.7. The van der Waals surface area contributed by atoms with Crippen molar-refractivity contribution in [3.8, 4) is 28.5 Å². The lowest BCUT2D eigenvalue weighted by atomic mass is 10.0.